The number of carbonyl (C=O) groups is 7. The van der Waals surface area contributed by atoms with E-state index in [1.807, 2.05) is 30.3 Å². The molecule has 0 bridgehead atoms. The number of aryl methyl sites for hydroxylation is 1. The van der Waals surface area contributed by atoms with Crippen LogP contribution >= 0.6 is 0 Å². The van der Waals surface area contributed by atoms with Crippen LogP contribution in [0, 0.1) is 0 Å². The number of ether oxygens (including phenoxy) is 12. The summed E-state index contributed by atoms with van der Waals surface area (Å²) in [6.45, 7) is -3.86. The number of aliphatic hydroxyl groups excluding tert-OH is 8. The number of carbonyl (C=O) groups excluding carboxylic acids is 7. The van der Waals surface area contributed by atoms with Crippen LogP contribution < -0.4 is 31.9 Å². The van der Waals surface area contributed by atoms with E-state index in [0.29, 0.717) is 46.2 Å². The van der Waals surface area contributed by atoms with Gasteiger partial charge in [0.1, 0.15) is 131 Å². The van der Waals surface area contributed by atoms with Crippen LogP contribution in [0.3, 0.4) is 0 Å². The number of hydrogen-bond acceptors (Lipinski definition) is 27. The molecule has 0 spiro atoms. The van der Waals surface area contributed by atoms with Crippen LogP contribution in [0.15, 0.2) is 212 Å². The number of benzene rings is 7. The van der Waals surface area contributed by atoms with Gasteiger partial charge in [0.15, 0.2) is 18.9 Å². The molecule has 632 valence electrons. The molecule has 34 heteroatoms. The second kappa shape index (κ2) is 44.6. The van der Waals surface area contributed by atoms with Gasteiger partial charge in [0, 0.05) is 19.6 Å². The van der Waals surface area contributed by atoms with E-state index in [-0.39, 0.29) is 52.7 Å². The first-order chi connectivity index (χ1) is 57.2. The molecule has 20 atom stereocenters. The summed E-state index contributed by atoms with van der Waals surface area (Å²) in [4.78, 5) is 98.4. The zero-order chi connectivity index (χ0) is 83.3. The minimum absolute atomic E-state index is 0.0213. The van der Waals surface area contributed by atoms with E-state index >= 15 is 0 Å². The highest BCUT2D eigenvalue weighted by molar-refractivity contribution is 5.81. The largest absolute Gasteiger partial charge is 0.445 e. The first-order valence-electron chi connectivity index (χ1n) is 38.6. The average molecular weight is 1640 g/mol. The van der Waals surface area contributed by atoms with Crippen LogP contribution in [-0.4, -0.2) is 243 Å². The predicted molar refractivity (Wildman–Crippen MR) is 414 cm³/mol. The van der Waals surface area contributed by atoms with Gasteiger partial charge in [-0.2, -0.15) is 0 Å². The van der Waals surface area contributed by atoms with Crippen molar-refractivity contribution in [2.24, 2.45) is 0 Å². The van der Waals surface area contributed by atoms with Crippen molar-refractivity contribution in [2.75, 3.05) is 32.8 Å². The summed E-state index contributed by atoms with van der Waals surface area (Å²) in [6, 6.07) is 53.9. The maximum Gasteiger partial charge on any atom is 0.410 e. The molecule has 34 nitrogen and oxygen atoms in total. The number of alkyl carbamates (subject to hydrolysis) is 5. The molecule has 3 aliphatic heterocycles. The standard InChI is InChI=1S/C84H99N7O27/c92-44-63-73(117-76-64(89-82(104)110-48-55-31-16-5-17-32-55)69(97)67(95)61(113-76)42-86-80(102)108-46-53-27-12-3-13-28-53)71(99)78(115-63)118-74-66(94)58(87-75(100)60(93)38-39-85-79(101)107-45-52-25-10-2-11-26-52)41-59(88-81(103)109-47-54-29-14-4-15-30-54)72(74)116-77-65(90-83(105)111-49-56-33-18-6-19-34-56)70(98)68(96)62(114-77)43-91(40-22-37-51-23-8-1-9-24-51)84(106)112-50-57-35-20-7-21-36-57/h1-21,23-36,58-74,76-78,92-99H,22,37-50H2,(H,85,101)(H,86,102)(H,87,100)(H,88,103)(H,89,104)(H,90,105)/t58-,59+,60+,61+,62-,63-,64-,65-,66+,67-,68-,69-,70-,71-,72-,73-,74-,76-,77-,78+/m1/s1. The zero-order valence-corrected chi connectivity index (χ0v) is 64.1. The Bertz CT molecular complexity index is 4240. The van der Waals surface area contributed by atoms with Crippen LogP contribution in [0.2, 0.25) is 0 Å². The molecule has 14 N–H and O–H groups in total. The van der Waals surface area contributed by atoms with Crippen LogP contribution in [0.4, 0.5) is 28.8 Å². The van der Waals surface area contributed by atoms with Gasteiger partial charge in [-0.05, 0) is 64.6 Å². The highest BCUT2D eigenvalue weighted by Gasteiger charge is 2.57. The van der Waals surface area contributed by atoms with Crippen LogP contribution in [0.5, 0.6) is 0 Å². The lowest BCUT2D eigenvalue weighted by Gasteiger charge is -2.49. The molecule has 11 rings (SSSR count). The van der Waals surface area contributed by atoms with Gasteiger partial charge >= 0.3 is 36.6 Å². The monoisotopic (exact) mass is 1640 g/mol. The molecule has 0 aromatic heterocycles. The summed E-state index contributed by atoms with van der Waals surface area (Å²) in [6.07, 6.45) is -37.9. The van der Waals surface area contributed by atoms with Crippen molar-refractivity contribution >= 4 is 42.5 Å². The third kappa shape index (κ3) is 25.8. The number of aliphatic hydroxyl groups is 8. The summed E-state index contributed by atoms with van der Waals surface area (Å²) >= 11 is 0. The molecule has 3 saturated heterocycles. The lowest BCUT2D eigenvalue weighted by Crippen LogP contribution is -2.70. The topological polar surface area (TPSA) is 468 Å². The zero-order valence-electron chi connectivity index (χ0n) is 64.1. The maximum absolute atomic E-state index is 14.5. The second-order valence-electron chi connectivity index (χ2n) is 28.5. The fourth-order valence-electron chi connectivity index (χ4n) is 13.7. The van der Waals surface area contributed by atoms with Crippen molar-refractivity contribution in [3.8, 4) is 0 Å². The molecule has 0 radical (unpaired) electrons. The summed E-state index contributed by atoms with van der Waals surface area (Å²) in [5.74, 6) is -1.15. The molecule has 3 heterocycles. The Morgan fingerprint density at radius 3 is 1.23 bits per heavy atom. The predicted octanol–water partition coefficient (Wildman–Crippen LogP) is 4.12. The third-order valence-corrected chi connectivity index (χ3v) is 20.0. The van der Waals surface area contributed by atoms with Crippen LogP contribution in [0.25, 0.3) is 0 Å². The molecule has 7 aromatic carbocycles. The number of amides is 7. The molecule has 0 unspecified atom stereocenters. The SMILES string of the molecule is O=C(NCC[C@H](O)C(=O)N[C@@H]1C[C@H](NC(=O)OCc2ccccc2)[C@@H](O[C@H]2O[C@H](CN(CCCc3ccccc3)C(=O)OCc3ccccc3)[C@@H](O)[C@H](O)[C@H]2NC(=O)OCc2ccccc2)[C@H](O[C@@H]2O[C@H](CO)[C@@H](O[C@H]3O[C@@H](CNC(=O)OCc4ccccc4)[C@@H](O)[C@H](O)[C@H]3NC(=O)OCc3ccccc3)[C@H]2O)[C@H]1O)OCc1ccccc1. The number of nitrogens with one attached hydrogen (secondary N) is 6. The number of rotatable bonds is 35. The van der Waals surface area contributed by atoms with E-state index in [4.69, 9.17) is 56.8 Å². The summed E-state index contributed by atoms with van der Waals surface area (Å²) < 4.78 is 72.5. The second-order valence-corrected chi connectivity index (χ2v) is 28.5. The Morgan fingerprint density at radius 2 is 0.771 bits per heavy atom. The van der Waals surface area contributed by atoms with E-state index in [2.05, 4.69) is 31.9 Å². The van der Waals surface area contributed by atoms with Crippen molar-refractivity contribution in [3.05, 3.63) is 251 Å². The van der Waals surface area contributed by atoms with Crippen molar-refractivity contribution in [1.82, 2.24) is 36.8 Å². The highest BCUT2D eigenvalue weighted by Crippen LogP contribution is 2.37. The third-order valence-electron chi connectivity index (χ3n) is 20.0. The quantitative estimate of drug-likeness (QED) is 0.0248. The lowest BCUT2D eigenvalue weighted by molar-refractivity contribution is -0.312. The van der Waals surface area contributed by atoms with Gasteiger partial charge in [-0.3, -0.25) is 4.79 Å². The van der Waals surface area contributed by atoms with Crippen molar-refractivity contribution < 1.29 is 131 Å². The van der Waals surface area contributed by atoms with E-state index in [0.717, 1.165) is 5.56 Å². The Kier molecular flexibility index (Phi) is 33.2. The van der Waals surface area contributed by atoms with E-state index in [1.165, 1.54) is 4.90 Å². The molecule has 1 saturated carbocycles. The summed E-state index contributed by atoms with van der Waals surface area (Å²) in [5, 5.41) is 112. The molecular weight excluding hydrogens is 1540 g/mol. The molecule has 118 heavy (non-hydrogen) atoms. The fraction of sp³-hybridized carbons (Fsp3) is 0.417. The lowest BCUT2D eigenvalue weighted by atomic mass is 9.83. The average Bonchev–Trinajstić information content (AvgIpc) is 1.31. The van der Waals surface area contributed by atoms with E-state index in [9.17, 15) is 74.4 Å². The van der Waals surface area contributed by atoms with Gasteiger partial charge in [0.2, 0.25) is 5.91 Å². The van der Waals surface area contributed by atoms with Crippen LogP contribution in [0.1, 0.15) is 58.2 Å². The van der Waals surface area contributed by atoms with E-state index in [1.54, 1.807) is 182 Å². The Labute approximate surface area is 679 Å². The van der Waals surface area contributed by atoms with E-state index < -0.39 is 197 Å². The van der Waals surface area contributed by atoms with Crippen molar-refractivity contribution in [2.45, 2.75) is 188 Å². The number of hydrogen-bond donors (Lipinski definition) is 14. The molecule has 4 fully saturated rings. The van der Waals surface area contributed by atoms with Gasteiger partial charge in [-0.1, -0.05) is 212 Å². The summed E-state index contributed by atoms with van der Waals surface area (Å²) in [7, 11) is 0. The van der Waals surface area contributed by atoms with Crippen LogP contribution in [-0.2, 0) is 108 Å². The Morgan fingerprint density at radius 1 is 0.390 bits per heavy atom. The maximum atomic E-state index is 14.5. The van der Waals surface area contributed by atoms with Gasteiger partial charge in [0.25, 0.3) is 0 Å². The van der Waals surface area contributed by atoms with Crippen molar-refractivity contribution in [1.29, 1.82) is 0 Å². The Hall–Kier alpha value is -10.9. The minimum Gasteiger partial charge on any atom is -0.445 e. The first kappa shape index (κ1) is 87.9. The smallest absolute Gasteiger partial charge is 0.410 e. The van der Waals surface area contributed by atoms with Gasteiger partial charge in [-0.25, -0.2) is 28.8 Å². The minimum atomic E-state index is -2.19. The van der Waals surface area contributed by atoms with Gasteiger partial charge in [0.05, 0.1) is 25.2 Å². The van der Waals surface area contributed by atoms with Crippen molar-refractivity contribution in [3.63, 3.8) is 0 Å². The van der Waals surface area contributed by atoms with Gasteiger partial charge in [-0.15, -0.1) is 0 Å². The van der Waals surface area contributed by atoms with Gasteiger partial charge < -0.3 is 134 Å². The molecular formula is C84H99N7O27. The first-order valence-corrected chi connectivity index (χ1v) is 38.6. The Balaban J connectivity index is 0.924. The summed E-state index contributed by atoms with van der Waals surface area (Å²) in [5.41, 5.74) is 4.49. The molecule has 7 amide bonds. The molecule has 7 aromatic rings. The highest BCUT2D eigenvalue weighted by atomic mass is 16.8. The normalized spacial score (nSPS) is 26.2. The number of nitrogens with zero attached hydrogens (tertiary/aromatic N) is 1. The fourth-order valence-corrected chi connectivity index (χ4v) is 13.7. The molecule has 1 aliphatic carbocycles. The molecule has 4 aliphatic rings.